The van der Waals surface area contributed by atoms with Crippen LogP contribution in [0.15, 0.2) is 18.2 Å². The first kappa shape index (κ1) is 13.3. The van der Waals surface area contributed by atoms with E-state index in [4.69, 9.17) is 0 Å². The molecule has 1 amide bonds. The number of hydrogen-bond acceptors (Lipinski definition) is 3. The third kappa shape index (κ3) is 2.70. The van der Waals surface area contributed by atoms with Crippen molar-refractivity contribution < 1.29 is 4.79 Å². The molecule has 4 heteroatoms. The molecule has 2 aliphatic heterocycles. The van der Waals surface area contributed by atoms with E-state index in [9.17, 15) is 4.79 Å². The fourth-order valence-corrected chi connectivity index (χ4v) is 4.13. The summed E-state index contributed by atoms with van der Waals surface area (Å²) in [5, 5.41) is 6.50. The smallest absolute Gasteiger partial charge is 0.238 e. The highest BCUT2D eigenvalue weighted by molar-refractivity contribution is 5.92. The lowest BCUT2D eigenvalue weighted by molar-refractivity contribution is -0.117. The normalized spacial score (nSPS) is 27.6. The van der Waals surface area contributed by atoms with Crippen LogP contribution in [0.2, 0.25) is 0 Å². The summed E-state index contributed by atoms with van der Waals surface area (Å²) < 4.78 is 0. The van der Waals surface area contributed by atoms with Crippen LogP contribution in [-0.4, -0.2) is 43.5 Å². The summed E-state index contributed by atoms with van der Waals surface area (Å²) in [6.45, 7) is 4.90. The van der Waals surface area contributed by atoms with Crippen LogP contribution in [0.25, 0.3) is 0 Å². The number of anilines is 1. The van der Waals surface area contributed by atoms with Gasteiger partial charge in [0.2, 0.25) is 5.91 Å². The number of nitrogens with zero attached hydrogens (tertiary/aromatic N) is 1. The first-order chi connectivity index (χ1) is 10.3. The Morgan fingerprint density at radius 2 is 1.95 bits per heavy atom. The number of rotatable bonds is 3. The molecule has 0 radical (unpaired) electrons. The van der Waals surface area contributed by atoms with Gasteiger partial charge in [0.1, 0.15) is 0 Å². The Morgan fingerprint density at radius 1 is 1.19 bits per heavy atom. The molecule has 1 aromatic rings. The molecule has 2 unspecified atom stereocenters. The second kappa shape index (κ2) is 5.43. The monoisotopic (exact) mass is 285 g/mol. The molecule has 0 bridgehead atoms. The van der Waals surface area contributed by atoms with Gasteiger partial charge in [-0.1, -0.05) is 6.07 Å². The standard InChI is InChI=1S/C17H23N3O/c21-17(11-20-9-14-7-18-8-15(14)10-20)19-16-5-4-12-2-1-3-13(12)6-16/h4-6,14-15,18H,1-3,7-11H2,(H,19,21). The second-order valence-corrected chi connectivity index (χ2v) is 6.76. The summed E-state index contributed by atoms with van der Waals surface area (Å²) >= 11 is 0. The summed E-state index contributed by atoms with van der Waals surface area (Å²) in [5.74, 6) is 1.62. The van der Waals surface area contributed by atoms with Crippen molar-refractivity contribution in [3.63, 3.8) is 0 Å². The van der Waals surface area contributed by atoms with E-state index < -0.39 is 0 Å². The van der Waals surface area contributed by atoms with E-state index in [1.54, 1.807) is 0 Å². The molecule has 2 atom stereocenters. The molecule has 4 nitrogen and oxygen atoms in total. The van der Waals surface area contributed by atoms with Crippen molar-refractivity contribution in [3.8, 4) is 0 Å². The molecule has 2 heterocycles. The molecule has 3 aliphatic rings. The van der Waals surface area contributed by atoms with Gasteiger partial charge >= 0.3 is 0 Å². The molecule has 2 saturated heterocycles. The van der Waals surface area contributed by atoms with Gasteiger partial charge < -0.3 is 10.6 Å². The number of amides is 1. The van der Waals surface area contributed by atoms with Crippen LogP contribution in [0, 0.1) is 11.8 Å². The van der Waals surface area contributed by atoms with Gasteiger partial charge in [-0.25, -0.2) is 0 Å². The first-order valence-corrected chi connectivity index (χ1v) is 8.12. The van der Waals surface area contributed by atoms with Gasteiger partial charge in [-0.2, -0.15) is 0 Å². The zero-order valence-electron chi connectivity index (χ0n) is 12.4. The van der Waals surface area contributed by atoms with Crippen molar-refractivity contribution in [3.05, 3.63) is 29.3 Å². The highest BCUT2D eigenvalue weighted by Gasteiger charge is 2.36. The number of benzene rings is 1. The minimum Gasteiger partial charge on any atom is -0.325 e. The number of carbonyl (C=O) groups excluding carboxylic acids is 1. The van der Waals surface area contributed by atoms with Crippen LogP contribution >= 0.6 is 0 Å². The Balaban J connectivity index is 1.34. The van der Waals surface area contributed by atoms with E-state index in [1.807, 2.05) is 6.07 Å². The van der Waals surface area contributed by atoms with Crippen molar-refractivity contribution in [2.24, 2.45) is 11.8 Å². The molecular formula is C17H23N3O. The van der Waals surface area contributed by atoms with Crippen molar-refractivity contribution in [2.45, 2.75) is 19.3 Å². The lowest BCUT2D eigenvalue weighted by Crippen LogP contribution is -2.33. The molecule has 2 fully saturated rings. The number of nitrogens with one attached hydrogen (secondary N) is 2. The van der Waals surface area contributed by atoms with E-state index in [-0.39, 0.29) is 5.91 Å². The van der Waals surface area contributed by atoms with Crippen LogP contribution in [-0.2, 0) is 17.6 Å². The summed E-state index contributed by atoms with van der Waals surface area (Å²) in [4.78, 5) is 14.5. The maximum absolute atomic E-state index is 12.2. The zero-order chi connectivity index (χ0) is 14.2. The van der Waals surface area contributed by atoms with Gasteiger partial charge in [-0.3, -0.25) is 9.69 Å². The third-order valence-electron chi connectivity index (χ3n) is 5.21. The van der Waals surface area contributed by atoms with Crippen molar-refractivity contribution in [1.29, 1.82) is 0 Å². The Hall–Kier alpha value is -1.39. The van der Waals surface area contributed by atoms with Crippen LogP contribution in [0.5, 0.6) is 0 Å². The lowest BCUT2D eigenvalue weighted by atomic mass is 10.0. The lowest BCUT2D eigenvalue weighted by Gasteiger charge is -2.16. The van der Waals surface area contributed by atoms with E-state index in [0.29, 0.717) is 6.54 Å². The fraction of sp³-hybridized carbons (Fsp3) is 0.588. The van der Waals surface area contributed by atoms with Crippen LogP contribution < -0.4 is 10.6 Å². The molecule has 1 aromatic carbocycles. The molecule has 0 saturated carbocycles. The zero-order valence-corrected chi connectivity index (χ0v) is 12.4. The summed E-state index contributed by atoms with van der Waals surface area (Å²) in [6, 6.07) is 6.37. The van der Waals surface area contributed by atoms with Gasteiger partial charge in [0, 0.05) is 18.8 Å². The minimum atomic E-state index is 0.126. The van der Waals surface area contributed by atoms with Crippen molar-refractivity contribution in [2.75, 3.05) is 38.0 Å². The van der Waals surface area contributed by atoms with Gasteiger partial charge in [0.15, 0.2) is 0 Å². The molecule has 21 heavy (non-hydrogen) atoms. The fourth-order valence-electron chi connectivity index (χ4n) is 4.13. The predicted molar refractivity (Wildman–Crippen MR) is 83.4 cm³/mol. The van der Waals surface area contributed by atoms with E-state index in [2.05, 4.69) is 27.7 Å². The number of carbonyl (C=O) groups is 1. The first-order valence-electron chi connectivity index (χ1n) is 8.12. The molecule has 2 N–H and O–H groups in total. The van der Waals surface area contributed by atoms with Crippen molar-refractivity contribution in [1.82, 2.24) is 10.2 Å². The molecular weight excluding hydrogens is 262 g/mol. The van der Waals surface area contributed by atoms with E-state index in [1.165, 1.54) is 24.0 Å². The Kier molecular flexibility index (Phi) is 3.43. The average molecular weight is 285 g/mol. The topological polar surface area (TPSA) is 44.4 Å². The van der Waals surface area contributed by atoms with E-state index in [0.717, 1.165) is 50.1 Å². The summed E-state index contributed by atoms with van der Waals surface area (Å²) in [6.07, 6.45) is 3.59. The number of hydrogen-bond donors (Lipinski definition) is 2. The van der Waals surface area contributed by atoms with Crippen LogP contribution in [0.4, 0.5) is 5.69 Å². The van der Waals surface area contributed by atoms with Gasteiger partial charge in [0.25, 0.3) is 0 Å². The number of aryl methyl sites for hydroxylation is 2. The molecule has 0 spiro atoms. The minimum absolute atomic E-state index is 0.126. The molecule has 1 aliphatic carbocycles. The number of fused-ring (bicyclic) bond motifs is 2. The highest BCUT2D eigenvalue weighted by Crippen LogP contribution is 2.27. The van der Waals surface area contributed by atoms with Gasteiger partial charge in [0.05, 0.1) is 6.54 Å². The van der Waals surface area contributed by atoms with Gasteiger partial charge in [-0.05, 0) is 67.4 Å². The van der Waals surface area contributed by atoms with Gasteiger partial charge in [-0.15, -0.1) is 0 Å². The maximum Gasteiger partial charge on any atom is 0.238 e. The Bertz CT molecular complexity index is 545. The largest absolute Gasteiger partial charge is 0.325 e. The van der Waals surface area contributed by atoms with Crippen molar-refractivity contribution >= 4 is 11.6 Å². The number of likely N-dealkylation sites (tertiary alicyclic amines) is 1. The van der Waals surface area contributed by atoms with E-state index >= 15 is 0 Å². The van der Waals surface area contributed by atoms with Crippen LogP contribution in [0.3, 0.4) is 0 Å². The Labute approximate surface area is 125 Å². The molecule has 112 valence electrons. The average Bonchev–Trinajstić information content (AvgIpc) is 3.12. The van der Waals surface area contributed by atoms with Crippen LogP contribution in [0.1, 0.15) is 17.5 Å². The quantitative estimate of drug-likeness (QED) is 0.879. The maximum atomic E-state index is 12.2. The summed E-state index contributed by atoms with van der Waals surface area (Å²) in [7, 11) is 0. The SMILES string of the molecule is O=C(CN1CC2CNCC2C1)Nc1ccc2c(c1)CCC2. The third-order valence-corrected chi connectivity index (χ3v) is 5.21. The molecule has 0 aromatic heterocycles. The predicted octanol–water partition coefficient (Wildman–Crippen LogP) is 1.26. The summed E-state index contributed by atoms with van der Waals surface area (Å²) in [5.41, 5.74) is 3.82. The second-order valence-electron chi connectivity index (χ2n) is 6.76. The Morgan fingerprint density at radius 3 is 2.76 bits per heavy atom. The highest BCUT2D eigenvalue weighted by atomic mass is 16.2. The molecule has 4 rings (SSSR count).